The van der Waals surface area contributed by atoms with Crippen LogP contribution in [0.2, 0.25) is 5.02 Å². The lowest BCUT2D eigenvalue weighted by Crippen LogP contribution is -2.32. The summed E-state index contributed by atoms with van der Waals surface area (Å²) in [6, 6.07) is 17.4. The van der Waals surface area contributed by atoms with Crippen LogP contribution < -0.4 is 20.5 Å². The summed E-state index contributed by atoms with van der Waals surface area (Å²) in [5.41, 5.74) is 5.81. The molecule has 5 N–H and O–H groups in total. The van der Waals surface area contributed by atoms with Gasteiger partial charge >= 0.3 is 6.03 Å². The van der Waals surface area contributed by atoms with Gasteiger partial charge in [0.25, 0.3) is 0 Å². The van der Waals surface area contributed by atoms with Crippen molar-refractivity contribution < 1.29 is 19.2 Å². The van der Waals surface area contributed by atoms with Gasteiger partial charge in [-0.15, -0.1) is 5.14 Å². The number of phenolic OH excluding ortho intramolecular Hbond substituents is 1. The molecule has 144 valence electrons. The maximum absolute atomic E-state index is 12.3. The van der Waals surface area contributed by atoms with Crippen molar-refractivity contribution in [1.29, 1.82) is 0 Å². The number of halogens is 1. The Morgan fingerprint density at radius 1 is 1.04 bits per heavy atom. The van der Waals surface area contributed by atoms with Crippen LogP contribution in [0.5, 0.6) is 17.2 Å². The lowest BCUT2D eigenvalue weighted by atomic mass is 10.2. The first kappa shape index (κ1) is 19.8. The number of ether oxygens (including phenoxy) is 1. The number of hydrogen-bond donors (Lipinski definition) is 3. The number of amides is 2. The zero-order valence-corrected chi connectivity index (χ0v) is 16.0. The summed E-state index contributed by atoms with van der Waals surface area (Å²) in [7, 11) is 0. The quantitative estimate of drug-likeness (QED) is 0.540. The maximum atomic E-state index is 12.3. The lowest BCUT2D eigenvalue weighted by molar-refractivity contribution is 0.255. The number of rotatable bonds is 5. The van der Waals surface area contributed by atoms with Crippen LogP contribution in [0, 0.1) is 0 Å². The minimum Gasteiger partial charge on any atom is -0.593 e. The van der Waals surface area contributed by atoms with E-state index >= 15 is 0 Å². The number of aromatic hydroxyl groups is 1. The fraction of sp³-hybridized carbons (Fsp3) is 0. The average Bonchev–Trinajstić information content (AvgIpc) is 2.65. The number of carbonyl (C=O) groups excluding carboxylic acids is 1. The first-order chi connectivity index (χ1) is 13.4. The van der Waals surface area contributed by atoms with Gasteiger partial charge in [-0.2, -0.15) is 0 Å². The average molecular weight is 418 g/mol. The highest BCUT2D eigenvalue weighted by Crippen LogP contribution is 2.43. The third kappa shape index (κ3) is 4.00. The number of nitrogens with zero attached hydrogens (tertiary/aromatic N) is 1. The number of primary amides is 1. The summed E-state index contributed by atoms with van der Waals surface area (Å²) < 4.78 is 17.6. The van der Waals surface area contributed by atoms with E-state index in [-0.39, 0.29) is 21.3 Å². The van der Waals surface area contributed by atoms with E-state index in [1.54, 1.807) is 48.5 Å². The second kappa shape index (κ2) is 8.41. The third-order valence-electron chi connectivity index (χ3n) is 3.80. The van der Waals surface area contributed by atoms with Crippen molar-refractivity contribution in [3.8, 4) is 17.2 Å². The van der Waals surface area contributed by atoms with Gasteiger partial charge in [-0.3, -0.25) is 4.90 Å². The molecule has 3 aromatic carbocycles. The molecule has 3 aromatic rings. The van der Waals surface area contributed by atoms with Crippen LogP contribution in [0.4, 0.5) is 16.2 Å². The summed E-state index contributed by atoms with van der Waals surface area (Å²) in [5, 5.41) is 16.0. The predicted molar refractivity (Wildman–Crippen MR) is 108 cm³/mol. The number of phenols is 1. The number of carbonyl (C=O) groups is 1. The molecular weight excluding hydrogens is 402 g/mol. The normalized spacial score (nSPS) is 11.7. The van der Waals surface area contributed by atoms with Crippen molar-refractivity contribution in [1.82, 2.24) is 0 Å². The molecule has 0 radical (unpaired) electrons. The van der Waals surface area contributed by atoms with E-state index in [1.807, 2.05) is 6.07 Å². The molecule has 9 heteroatoms. The number of hydrogen-bond acceptors (Lipinski definition) is 5. The zero-order chi connectivity index (χ0) is 20.3. The van der Waals surface area contributed by atoms with Crippen LogP contribution in [0.15, 0.2) is 71.6 Å². The van der Waals surface area contributed by atoms with Gasteiger partial charge in [-0.25, -0.2) is 4.79 Å². The topological polar surface area (TPSA) is 125 Å². The van der Waals surface area contributed by atoms with Gasteiger partial charge < -0.3 is 20.1 Å². The molecule has 2 amide bonds. The van der Waals surface area contributed by atoms with Crippen LogP contribution in [-0.2, 0) is 11.4 Å². The van der Waals surface area contributed by atoms with Gasteiger partial charge in [0.15, 0.2) is 11.5 Å². The minimum atomic E-state index is -2.08. The van der Waals surface area contributed by atoms with Crippen LogP contribution in [0.25, 0.3) is 0 Å². The minimum absolute atomic E-state index is 0.000300. The number of nitrogens with two attached hydrogens (primary N) is 2. The van der Waals surface area contributed by atoms with E-state index in [0.717, 1.165) is 4.90 Å². The first-order valence-electron chi connectivity index (χ1n) is 7.99. The van der Waals surface area contributed by atoms with E-state index in [0.29, 0.717) is 11.5 Å². The molecule has 0 fully saturated rings. The Kier molecular flexibility index (Phi) is 5.96. The van der Waals surface area contributed by atoms with Crippen LogP contribution in [0.3, 0.4) is 0 Å². The number of benzene rings is 3. The molecule has 0 bridgehead atoms. The zero-order valence-electron chi connectivity index (χ0n) is 14.4. The standard InChI is InChI=1S/C19H16ClN3O4S/c20-13-10-11-15(17(24)18(13)28(22)26)23(19(21)25)14-8-4-5-9-16(14)27-12-6-2-1-3-7-12/h1-11,24H,22H2,(H2,21,25). The summed E-state index contributed by atoms with van der Waals surface area (Å²) >= 11 is 3.90. The molecule has 0 aliphatic carbocycles. The fourth-order valence-corrected chi connectivity index (χ4v) is 3.55. The molecule has 0 aliphatic rings. The molecule has 0 saturated carbocycles. The monoisotopic (exact) mass is 417 g/mol. The molecule has 1 unspecified atom stereocenters. The predicted octanol–water partition coefficient (Wildman–Crippen LogP) is 4.04. The summed E-state index contributed by atoms with van der Waals surface area (Å²) in [4.78, 5) is 13.1. The third-order valence-corrected chi connectivity index (χ3v) is 5.04. The van der Waals surface area contributed by atoms with Gasteiger partial charge in [0.1, 0.15) is 10.8 Å². The Hall–Kier alpha value is -2.91. The molecule has 0 spiro atoms. The van der Waals surface area contributed by atoms with E-state index in [2.05, 4.69) is 0 Å². The Bertz CT molecular complexity index is 1000. The van der Waals surface area contributed by atoms with Crippen molar-refractivity contribution in [3.05, 3.63) is 71.8 Å². The van der Waals surface area contributed by atoms with Crippen molar-refractivity contribution in [2.45, 2.75) is 4.90 Å². The lowest BCUT2D eigenvalue weighted by Gasteiger charge is -2.24. The fourth-order valence-electron chi connectivity index (χ4n) is 2.62. The molecule has 28 heavy (non-hydrogen) atoms. The SMILES string of the molecule is NC(=O)N(c1ccccc1Oc1ccccc1)c1ccc(Cl)c([S+](N)[O-])c1O. The Morgan fingerprint density at radius 2 is 1.68 bits per heavy atom. The van der Waals surface area contributed by atoms with Gasteiger partial charge in [0.05, 0.1) is 22.7 Å². The second-order valence-electron chi connectivity index (χ2n) is 5.60. The van der Waals surface area contributed by atoms with E-state index < -0.39 is 23.1 Å². The second-order valence-corrected chi connectivity index (χ2v) is 7.01. The van der Waals surface area contributed by atoms with E-state index in [4.69, 9.17) is 27.2 Å². The van der Waals surface area contributed by atoms with Crippen molar-refractivity contribution in [2.24, 2.45) is 10.9 Å². The Labute approximate surface area is 169 Å². The highest BCUT2D eigenvalue weighted by atomic mass is 35.5. The van der Waals surface area contributed by atoms with Gasteiger partial charge in [-0.05, 0) is 36.4 Å². The van der Waals surface area contributed by atoms with Crippen LogP contribution in [0.1, 0.15) is 0 Å². The Balaban J connectivity index is 2.13. The summed E-state index contributed by atoms with van der Waals surface area (Å²) in [5.74, 6) is 0.349. The molecule has 3 rings (SSSR count). The highest BCUT2D eigenvalue weighted by Gasteiger charge is 2.28. The van der Waals surface area contributed by atoms with E-state index in [1.165, 1.54) is 12.1 Å². The van der Waals surface area contributed by atoms with Crippen molar-refractivity contribution in [3.63, 3.8) is 0 Å². The first-order valence-corrected chi connectivity index (χ1v) is 9.58. The summed E-state index contributed by atoms with van der Waals surface area (Å²) in [6.07, 6.45) is 0. The molecule has 0 saturated heterocycles. The van der Waals surface area contributed by atoms with E-state index in [9.17, 15) is 14.5 Å². The number of para-hydroxylation sites is 3. The molecule has 0 heterocycles. The van der Waals surface area contributed by atoms with Gasteiger partial charge in [-0.1, -0.05) is 41.9 Å². The van der Waals surface area contributed by atoms with Gasteiger partial charge in [0.2, 0.25) is 4.90 Å². The summed E-state index contributed by atoms with van der Waals surface area (Å²) in [6.45, 7) is 0. The molecule has 1 atom stereocenters. The van der Waals surface area contributed by atoms with Crippen molar-refractivity contribution >= 4 is 40.4 Å². The smallest absolute Gasteiger partial charge is 0.324 e. The maximum Gasteiger partial charge on any atom is 0.324 e. The largest absolute Gasteiger partial charge is 0.593 e. The molecule has 7 nitrogen and oxygen atoms in total. The van der Waals surface area contributed by atoms with Crippen LogP contribution in [-0.4, -0.2) is 15.7 Å². The van der Waals surface area contributed by atoms with Crippen LogP contribution >= 0.6 is 11.6 Å². The van der Waals surface area contributed by atoms with Gasteiger partial charge in [0, 0.05) is 0 Å². The molecule has 0 aromatic heterocycles. The van der Waals surface area contributed by atoms with Crippen molar-refractivity contribution in [2.75, 3.05) is 4.90 Å². The molecule has 0 aliphatic heterocycles. The molecular formula is C19H16ClN3O4S. The Morgan fingerprint density at radius 3 is 2.32 bits per heavy atom. The number of anilines is 2. The number of urea groups is 1. The highest BCUT2D eigenvalue weighted by molar-refractivity contribution is 7.89.